The third-order valence-electron chi connectivity index (χ3n) is 5.95. The summed E-state index contributed by atoms with van der Waals surface area (Å²) in [6.07, 6.45) is 1.01. The van der Waals surface area contributed by atoms with Gasteiger partial charge in [-0.2, -0.15) is 0 Å². The van der Waals surface area contributed by atoms with Crippen molar-refractivity contribution in [1.29, 1.82) is 0 Å². The topological polar surface area (TPSA) is 21.7 Å². The number of hydrogen-bond acceptors (Lipinski definition) is 3. The third-order valence-corrected chi connectivity index (χ3v) is 6.30. The molecule has 0 atom stereocenters. The van der Waals surface area contributed by atoms with E-state index in [0.717, 1.165) is 30.0 Å². The minimum atomic E-state index is -0.311. The van der Waals surface area contributed by atoms with Gasteiger partial charge in [0.15, 0.2) is 0 Å². The molecule has 2 aromatic carbocycles. The first-order chi connectivity index (χ1) is 12.3. The molecular weight excluding hydrogens is 345 g/mol. The molecule has 2 aromatic rings. The monoisotopic (exact) mass is 369 g/mol. The first kappa shape index (κ1) is 17.9. The Hall–Kier alpha value is -1.49. The van der Waals surface area contributed by atoms with Gasteiger partial charge in [-0.15, -0.1) is 0 Å². The number of halogens is 1. The molecule has 0 amide bonds. The van der Waals surface area contributed by atoms with Crippen molar-refractivity contribution in [3.8, 4) is 0 Å². The summed E-state index contributed by atoms with van der Waals surface area (Å²) < 4.78 is 12.3. The SMILES string of the molecule is CC1(C)OB(c2ccc(CN3CCc4c(Cl)cccc43)cc2)OC1(C)C. The van der Waals surface area contributed by atoms with Crippen LogP contribution < -0.4 is 10.4 Å². The lowest BCUT2D eigenvalue weighted by Crippen LogP contribution is -2.41. The van der Waals surface area contributed by atoms with Crippen LogP contribution >= 0.6 is 11.6 Å². The Bertz CT molecular complexity index is 803. The van der Waals surface area contributed by atoms with Crippen LogP contribution in [0.3, 0.4) is 0 Å². The summed E-state index contributed by atoms with van der Waals surface area (Å²) in [6, 6.07) is 14.7. The van der Waals surface area contributed by atoms with Gasteiger partial charge in [0.25, 0.3) is 0 Å². The molecule has 0 aliphatic carbocycles. The highest BCUT2D eigenvalue weighted by Gasteiger charge is 2.51. The zero-order chi connectivity index (χ0) is 18.5. The molecule has 136 valence electrons. The highest BCUT2D eigenvalue weighted by molar-refractivity contribution is 6.62. The summed E-state index contributed by atoms with van der Waals surface area (Å²) in [7, 11) is -0.305. The molecule has 0 unspecified atom stereocenters. The molecule has 0 bridgehead atoms. The molecule has 0 N–H and O–H groups in total. The van der Waals surface area contributed by atoms with Crippen LogP contribution in [0.4, 0.5) is 5.69 Å². The maximum Gasteiger partial charge on any atom is 0.494 e. The van der Waals surface area contributed by atoms with Crippen LogP contribution in [0.25, 0.3) is 0 Å². The predicted octanol–water partition coefficient (Wildman–Crippen LogP) is 4.20. The first-order valence-corrected chi connectivity index (χ1v) is 9.61. The van der Waals surface area contributed by atoms with Gasteiger partial charge in [-0.1, -0.05) is 41.9 Å². The maximum absolute atomic E-state index is 6.32. The standard InChI is InChI=1S/C21H25BClNO2/c1-20(2)21(3,4)26-22(25-20)16-10-8-15(9-11-16)14-24-13-12-17-18(23)6-5-7-19(17)24/h5-11H,12-14H2,1-4H3. The van der Waals surface area contributed by atoms with E-state index in [4.69, 9.17) is 20.9 Å². The fraction of sp³-hybridized carbons (Fsp3) is 0.429. The van der Waals surface area contributed by atoms with E-state index in [-0.39, 0.29) is 18.3 Å². The van der Waals surface area contributed by atoms with Gasteiger partial charge in [-0.05, 0) is 62.8 Å². The summed E-state index contributed by atoms with van der Waals surface area (Å²) in [4.78, 5) is 2.39. The van der Waals surface area contributed by atoms with Crippen molar-refractivity contribution >= 4 is 29.9 Å². The van der Waals surface area contributed by atoms with Gasteiger partial charge in [0, 0.05) is 23.8 Å². The summed E-state index contributed by atoms with van der Waals surface area (Å²) in [5.74, 6) is 0. The summed E-state index contributed by atoms with van der Waals surface area (Å²) >= 11 is 6.32. The van der Waals surface area contributed by atoms with Crippen molar-refractivity contribution in [2.24, 2.45) is 0 Å². The molecule has 26 heavy (non-hydrogen) atoms. The Morgan fingerprint density at radius 2 is 1.65 bits per heavy atom. The van der Waals surface area contributed by atoms with Crippen molar-refractivity contribution in [1.82, 2.24) is 0 Å². The van der Waals surface area contributed by atoms with Gasteiger partial charge in [0.2, 0.25) is 0 Å². The summed E-state index contributed by atoms with van der Waals surface area (Å²) in [6.45, 7) is 10.2. The smallest absolute Gasteiger partial charge is 0.399 e. The minimum Gasteiger partial charge on any atom is -0.399 e. The van der Waals surface area contributed by atoms with E-state index in [1.165, 1.54) is 16.8 Å². The lowest BCUT2D eigenvalue weighted by atomic mass is 9.79. The second-order valence-corrected chi connectivity index (χ2v) is 8.65. The number of anilines is 1. The van der Waals surface area contributed by atoms with Crippen molar-refractivity contribution in [3.63, 3.8) is 0 Å². The van der Waals surface area contributed by atoms with Gasteiger partial charge >= 0.3 is 7.12 Å². The minimum absolute atomic E-state index is 0.305. The Kier molecular flexibility index (Phi) is 4.34. The van der Waals surface area contributed by atoms with Gasteiger partial charge in [0.1, 0.15) is 0 Å². The highest BCUT2D eigenvalue weighted by atomic mass is 35.5. The maximum atomic E-state index is 6.32. The van der Waals surface area contributed by atoms with Crippen molar-refractivity contribution in [2.45, 2.75) is 51.9 Å². The Balaban J connectivity index is 1.48. The van der Waals surface area contributed by atoms with E-state index in [0.29, 0.717) is 0 Å². The average molecular weight is 370 g/mol. The molecule has 5 heteroatoms. The lowest BCUT2D eigenvalue weighted by Gasteiger charge is -2.32. The van der Waals surface area contributed by atoms with Crippen LogP contribution in [0.15, 0.2) is 42.5 Å². The Morgan fingerprint density at radius 3 is 2.31 bits per heavy atom. The van der Waals surface area contributed by atoms with Crippen LogP contribution in [0, 0.1) is 0 Å². The molecule has 0 spiro atoms. The third kappa shape index (κ3) is 3.04. The van der Waals surface area contributed by atoms with Crippen LogP contribution in [0.2, 0.25) is 5.02 Å². The largest absolute Gasteiger partial charge is 0.494 e. The van der Waals surface area contributed by atoms with E-state index < -0.39 is 0 Å². The second kappa shape index (κ2) is 6.30. The van der Waals surface area contributed by atoms with E-state index >= 15 is 0 Å². The molecule has 2 aliphatic rings. The number of benzene rings is 2. The van der Waals surface area contributed by atoms with Crippen molar-refractivity contribution in [3.05, 3.63) is 58.6 Å². The normalized spacial score (nSPS) is 20.5. The van der Waals surface area contributed by atoms with Crippen LogP contribution in [-0.2, 0) is 22.3 Å². The zero-order valence-electron chi connectivity index (χ0n) is 15.9. The van der Waals surface area contributed by atoms with E-state index in [9.17, 15) is 0 Å². The van der Waals surface area contributed by atoms with Gasteiger partial charge in [0.05, 0.1) is 11.2 Å². The number of fused-ring (bicyclic) bond motifs is 1. The molecule has 4 rings (SSSR count). The van der Waals surface area contributed by atoms with Crippen LogP contribution in [0.1, 0.15) is 38.8 Å². The number of nitrogens with zero attached hydrogens (tertiary/aromatic N) is 1. The molecule has 3 nitrogen and oxygen atoms in total. The molecule has 1 saturated heterocycles. The molecular formula is C21H25BClNO2. The molecule has 2 heterocycles. The Morgan fingerprint density at radius 1 is 1.00 bits per heavy atom. The fourth-order valence-corrected chi connectivity index (χ4v) is 3.87. The molecule has 0 aromatic heterocycles. The van der Waals surface area contributed by atoms with Crippen LogP contribution in [-0.4, -0.2) is 24.9 Å². The number of rotatable bonds is 3. The first-order valence-electron chi connectivity index (χ1n) is 9.24. The predicted molar refractivity (Wildman–Crippen MR) is 108 cm³/mol. The van der Waals surface area contributed by atoms with Crippen LogP contribution in [0.5, 0.6) is 0 Å². The van der Waals surface area contributed by atoms with Gasteiger partial charge < -0.3 is 14.2 Å². The molecule has 1 fully saturated rings. The second-order valence-electron chi connectivity index (χ2n) is 8.24. The Labute approximate surface area is 161 Å². The molecule has 2 aliphatic heterocycles. The zero-order valence-corrected chi connectivity index (χ0v) is 16.6. The van der Waals surface area contributed by atoms with E-state index in [1.54, 1.807) is 0 Å². The average Bonchev–Trinajstić information content (AvgIpc) is 3.08. The van der Waals surface area contributed by atoms with Crippen molar-refractivity contribution in [2.75, 3.05) is 11.4 Å². The van der Waals surface area contributed by atoms with Gasteiger partial charge in [-0.3, -0.25) is 0 Å². The quantitative estimate of drug-likeness (QED) is 0.757. The van der Waals surface area contributed by atoms with E-state index in [1.807, 2.05) is 12.1 Å². The van der Waals surface area contributed by atoms with Gasteiger partial charge in [-0.25, -0.2) is 0 Å². The highest BCUT2D eigenvalue weighted by Crippen LogP contribution is 2.37. The number of hydrogen-bond donors (Lipinski definition) is 0. The summed E-state index contributed by atoms with van der Waals surface area (Å²) in [5.41, 5.74) is 4.25. The lowest BCUT2D eigenvalue weighted by molar-refractivity contribution is 0.00578. The fourth-order valence-electron chi connectivity index (χ4n) is 3.60. The van der Waals surface area contributed by atoms with Crippen molar-refractivity contribution < 1.29 is 9.31 Å². The molecule has 0 saturated carbocycles. The van der Waals surface area contributed by atoms with E-state index in [2.05, 4.69) is 62.9 Å². The molecule has 0 radical (unpaired) electrons. The summed E-state index contributed by atoms with van der Waals surface area (Å²) in [5, 5.41) is 0.876.